The van der Waals surface area contributed by atoms with E-state index in [2.05, 4.69) is 15.3 Å². The normalized spacial score (nSPS) is 14.7. The van der Waals surface area contributed by atoms with Gasteiger partial charge in [0, 0.05) is 41.6 Å². The van der Waals surface area contributed by atoms with E-state index in [9.17, 15) is 22.8 Å². The first-order valence-corrected chi connectivity index (χ1v) is 10.1. The molecule has 1 unspecified atom stereocenters. The van der Waals surface area contributed by atoms with Crippen LogP contribution in [-0.4, -0.2) is 32.9 Å². The summed E-state index contributed by atoms with van der Waals surface area (Å²) in [7, 11) is 0. The second-order valence-corrected chi connectivity index (χ2v) is 8.09. The highest BCUT2D eigenvalue weighted by Crippen LogP contribution is 2.34. The minimum atomic E-state index is -4.23. The lowest BCUT2D eigenvalue weighted by atomic mass is 10.0. The molecule has 1 atom stereocenters. The lowest BCUT2D eigenvalue weighted by Gasteiger charge is -2.25. The number of pyridine rings is 2. The predicted molar refractivity (Wildman–Crippen MR) is 109 cm³/mol. The summed E-state index contributed by atoms with van der Waals surface area (Å²) >= 11 is 0. The largest absolute Gasteiger partial charge is 0.389 e. The Morgan fingerprint density at radius 2 is 1.97 bits per heavy atom. The number of anilines is 1. The average Bonchev–Trinajstić information content (AvgIpc) is 3.03. The van der Waals surface area contributed by atoms with Crippen LogP contribution in [0.1, 0.15) is 66.0 Å². The fraction of sp³-hybridized carbons (Fsp3) is 0.455. The van der Waals surface area contributed by atoms with Crippen molar-refractivity contribution in [2.24, 2.45) is 5.92 Å². The van der Waals surface area contributed by atoms with Crippen molar-refractivity contribution >= 4 is 17.6 Å². The van der Waals surface area contributed by atoms with Crippen LogP contribution < -0.4 is 5.32 Å². The monoisotopic (exact) mass is 434 g/mol. The standard InChI is InChI=1S/C22H25F3N4O2/c1-12(2)20(30)28-19-17-11-29(21(31)16(17)6-8-26-19)14(4)15-9-13(3)18(27-10-15)5-7-22(23,24)25/h6,8-10,12,14H,5,7,11H2,1-4H3,(H,26,28,30). The van der Waals surface area contributed by atoms with Gasteiger partial charge in [-0.05, 0) is 37.5 Å². The summed E-state index contributed by atoms with van der Waals surface area (Å²) in [5, 5.41) is 2.77. The number of carbonyl (C=O) groups is 2. The number of nitrogens with zero attached hydrogens (tertiary/aromatic N) is 3. The van der Waals surface area contributed by atoms with Crippen molar-refractivity contribution in [2.75, 3.05) is 5.32 Å². The number of carbonyl (C=O) groups excluding carboxylic acids is 2. The van der Waals surface area contributed by atoms with Gasteiger partial charge in [-0.25, -0.2) is 4.98 Å². The first-order valence-electron chi connectivity index (χ1n) is 10.1. The molecule has 6 nitrogen and oxygen atoms in total. The zero-order valence-electron chi connectivity index (χ0n) is 17.9. The van der Waals surface area contributed by atoms with E-state index in [1.165, 1.54) is 12.4 Å². The maximum Gasteiger partial charge on any atom is 0.389 e. The number of aryl methyl sites for hydroxylation is 2. The first-order chi connectivity index (χ1) is 14.5. The average molecular weight is 434 g/mol. The third-order valence-electron chi connectivity index (χ3n) is 5.44. The van der Waals surface area contributed by atoms with Crippen LogP contribution in [0.15, 0.2) is 24.5 Å². The third-order valence-corrected chi connectivity index (χ3v) is 5.44. The Kier molecular flexibility index (Phi) is 6.33. The predicted octanol–water partition coefficient (Wildman–Crippen LogP) is 4.59. The van der Waals surface area contributed by atoms with E-state index < -0.39 is 12.6 Å². The summed E-state index contributed by atoms with van der Waals surface area (Å²) < 4.78 is 37.5. The molecule has 31 heavy (non-hydrogen) atoms. The van der Waals surface area contributed by atoms with Crippen molar-refractivity contribution in [2.45, 2.75) is 59.3 Å². The molecule has 1 aliphatic rings. The maximum absolute atomic E-state index is 13.0. The molecule has 2 aromatic heterocycles. The van der Waals surface area contributed by atoms with Crippen molar-refractivity contribution < 1.29 is 22.8 Å². The molecule has 0 saturated heterocycles. The second-order valence-electron chi connectivity index (χ2n) is 8.09. The van der Waals surface area contributed by atoms with Crippen molar-refractivity contribution in [1.82, 2.24) is 14.9 Å². The molecule has 0 spiro atoms. The highest BCUT2D eigenvalue weighted by Gasteiger charge is 2.34. The number of hydrogen-bond acceptors (Lipinski definition) is 4. The smallest absolute Gasteiger partial charge is 0.327 e. The van der Waals surface area contributed by atoms with E-state index in [0.717, 1.165) is 5.56 Å². The molecular formula is C22H25F3N4O2. The van der Waals surface area contributed by atoms with Crippen LogP contribution in [0.2, 0.25) is 0 Å². The van der Waals surface area contributed by atoms with Crippen LogP contribution in [0.5, 0.6) is 0 Å². The number of halogens is 3. The molecule has 2 aromatic rings. The molecule has 166 valence electrons. The number of amides is 2. The van der Waals surface area contributed by atoms with E-state index in [4.69, 9.17) is 0 Å². The van der Waals surface area contributed by atoms with E-state index in [1.54, 1.807) is 37.8 Å². The Morgan fingerprint density at radius 3 is 2.58 bits per heavy atom. The van der Waals surface area contributed by atoms with Crippen molar-refractivity contribution in [3.63, 3.8) is 0 Å². The number of hydrogen-bond donors (Lipinski definition) is 1. The Hall–Kier alpha value is -2.97. The summed E-state index contributed by atoms with van der Waals surface area (Å²) in [6.07, 6.45) is -2.32. The second kappa shape index (κ2) is 8.64. The number of rotatable bonds is 6. The van der Waals surface area contributed by atoms with Crippen molar-refractivity contribution in [1.29, 1.82) is 0 Å². The number of nitrogens with one attached hydrogen (secondary N) is 1. The first kappa shape index (κ1) is 22.7. The lowest BCUT2D eigenvalue weighted by molar-refractivity contribution is -0.134. The van der Waals surface area contributed by atoms with Gasteiger partial charge in [0.2, 0.25) is 5.91 Å². The van der Waals surface area contributed by atoms with Gasteiger partial charge >= 0.3 is 6.18 Å². The molecule has 0 fully saturated rings. The van der Waals surface area contributed by atoms with Crippen molar-refractivity contribution in [3.8, 4) is 0 Å². The number of fused-ring (bicyclic) bond motifs is 1. The van der Waals surface area contributed by atoms with Crippen LogP contribution in [0, 0.1) is 12.8 Å². The molecule has 3 rings (SSSR count). The molecular weight excluding hydrogens is 409 g/mol. The van der Waals surface area contributed by atoms with E-state index in [1.807, 2.05) is 6.92 Å². The number of alkyl halides is 3. The van der Waals surface area contributed by atoms with E-state index in [-0.39, 0.29) is 36.7 Å². The van der Waals surface area contributed by atoms with Crippen LogP contribution in [0.4, 0.5) is 19.0 Å². The Bertz CT molecular complexity index is 1000. The van der Waals surface area contributed by atoms with Gasteiger partial charge in [-0.15, -0.1) is 0 Å². The lowest BCUT2D eigenvalue weighted by Crippen LogP contribution is -2.27. The zero-order chi connectivity index (χ0) is 22.9. The molecule has 0 radical (unpaired) electrons. The Morgan fingerprint density at radius 1 is 1.26 bits per heavy atom. The van der Waals surface area contributed by atoms with Gasteiger partial charge in [0.15, 0.2) is 0 Å². The minimum absolute atomic E-state index is 0.178. The molecule has 9 heteroatoms. The van der Waals surface area contributed by atoms with Gasteiger partial charge in [-0.1, -0.05) is 19.9 Å². The summed E-state index contributed by atoms with van der Waals surface area (Å²) in [6, 6.07) is 3.05. The molecule has 1 aliphatic heterocycles. The van der Waals surface area contributed by atoms with E-state index in [0.29, 0.717) is 28.2 Å². The summed E-state index contributed by atoms with van der Waals surface area (Å²) in [6.45, 7) is 7.37. The Balaban J connectivity index is 1.80. The minimum Gasteiger partial charge on any atom is -0.327 e. The molecule has 0 saturated carbocycles. The maximum atomic E-state index is 13.0. The highest BCUT2D eigenvalue weighted by atomic mass is 19.4. The SMILES string of the molecule is Cc1cc(C(C)N2Cc3c(ccnc3NC(=O)C(C)C)C2=O)cnc1CCC(F)(F)F. The summed E-state index contributed by atoms with van der Waals surface area (Å²) in [4.78, 5) is 35.2. The van der Waals surface area contributed by atoms with Crippen molar-refractivity contribution in [3.05, 3.63) is 52.5 Å². The van der Waals surface area contributed by atoms with Gasteiger partial charge < -0.3 is 10.2 Å². The number of aromatic nitrogens is 2. The highest BCUT2D eigenvalue weighted by molar-refractivity contribution is 6.01. The van der Waals surface area contributed by atoms with Gasteiger partial charge in [-0.2, -0.15) is 13.2 Å². The summed E-state index contributed by atoms with van der Waals surface area (Å²) in [5.41, 5.74) is 2.92. The molecule has 2 amide bonds. The molecule has 0 aliphatic carbocycles. The Labute approximate surface area is 178 Å². The van der Waals surface area contributed by atoms with Crippen LogP contribution >= 0.6 is 0 Å². The van der Waals surface area contributed by atoms with Crippen LogP contribution in [0.25, 0.3) is 0 Å². The topological polar surface area (TPSA) is 75.2 Å². The fourth-order valence-corrected chi connectivity index (χ4v) is 3.49. The van der Waals surface area contributed by atoms with Crippen LogP contribution in [0.3, 0.4) is 0 Å². The third kappa shape index (κ3) is 5.03. The quantitative estimate of drug-likeness (QED) is 0.722. The van der Waals surface area contributed by atoms with Crippen LogP contribution in [-0.2, 0) is 17.8 Å². The zero-order valence-corrected chi connectivity index (χ0v) is 17.9. The van der Waals surface area contributed by atoms with E-state index >= 15 is 0 Å². The molecule has 0 bridgehead atoms. The van der Waals surface area contributed by atoms with Gasteiger partial charge in [0.05, 0.1) is 12.6 Å². The molecule has 3 heterocycles. The fourth-order valence-electron chi connectivity index (χ4n) is 3.49. The molecule has 0 aromatic carbocycles. The van der Waals surface area contributed by atoms with Gasteiger partial charge in [0.25, 0.3) is 5.91 Å². The van der Waals surface area contributed by atoms with Gasteiger partial charge in [0.1, 0.15) is 5.82 Å². The molecule has 1 N–H and O–H groups in total. The summed E-state index contributed by atoms with van der Waals surface area (Å²) in [5.74, 6) is -0.233. The van der Waals surface area contributed by atoms with Gasteiger partial charge in [-0.3, -0.25) is 14.6 Å².